The summed E-state index contributed by atoms with van der Waals surface area (Å²) < 4.78 is 5.52. The normalized spacial score (nSPS) is 20.1. The van der Waals surface area contributed by atoms with Gasteiger partial charge in [0, 0.05) is 19.0 Å². The van der Waals surface area contributed by atoms with Crippen molar-refractivity contribution in [2.24, 2.45) is 0 Å². The van der Waals surface area contributed by atoms with Crippen molar-refractivity contribution in [2.45, 2.75) is 25.5 Å². The fraction of sp³-hybridized carbons (Fsp3) is 0.500. The van der Waals surface area contributed by atoms with E-state index in [1.54, 1.807) is 0 Å². The first-order chi connectivity index (χ1) is 8.16. The zero-order valence-corrected chi connectivity index (χ0v) is 9.80. The third kappa shape index (κ3) is 2.97. The Kier molecular flexibility index (Phi) is 3.63. The molecule has 6 nitrogen and oxygen atoms in total. The summed E-state index contributed by atoms with van der Waals surface area (Å²) in [6.07, 6.45) is 2.27. The quantitative estimate of drug-likeness (QED) is 0.820. The number of likely N-dealkylation sites (tertiary alicyclic amines) is 1. The monoisotopic (exact) mass is 257 g/mol. The van der Waals surface area contributed by atoms with E-state index in [-0.39, 0.29) is 5.15 Å². The van der Waals surface area contributed by atoms with Gasteiger partial charge in [-0.25, -0.2) is 14.8 Å². The number of rotatable bonds is 2. The molecule has 1 N–H and O–H groups in total. The van der Waals surface area contributed by atoms with Crippen LogP contribution in [0.3, 0.4) is 0 Å². The van der Waals surface area contributed by atoms with Crippen molar-refractivity contribution in [1.82, 2.24) is 14.9 Å². The van der Waals surface area contributed by atoms with E-state index < -0.39 is 12.3 Å². The molecule has 2 heterocycles. The minimum Gasteiger partial charge on any atom is -0.465 e. The van der Waals surface area contributed by atoms with Gasteiger partial charge in [0.25, 0.3) is 0 Å². The van der Waals surface area contributed by atoms with E-state index in [0.29, 0.717) is 18.8 Å². The van der Waals surface area contributed by atoms with Crippen molar-refractivity contribution in [2.75, 3.05) is 6.54 Å². The lowest BCUT2D eigenvalue weighted by Crippen LogP contribution is -2.46. The van der Waals surface area contributed by atoms with Crippen LogP contribution in [0.1, 0.15) is 19.3 Å². The number of carboxylic acid groups (broad SMARTS) is 1. The van der Waals surface area contributed by atoms with Crippen LogP contribution in [0.25, 0.3) is 0 Å². The Morgan fingerprint density at radius 2 is 2.35 bits per heavy atom. The summed E-state index contributed by atoms with van der Waals surface area (Å²) >= 11 is 5.70. The number of hydrogen-bond acceptors (Lipinski definition) is 4. The van der Waals surface area contributed by atoms with Crippen LogP contribution >= 0.6 is 11.6 Å². The van der Waals surface area contributed by atoms with Gasteiger partial charge in [0.2, 0.25) is 5.88 Å². The molecule has 17 heavy (non-hydrogen) atoms. The number of carbonyl (C=O) groups is 1. The zero-order chi connectivity index (χ0) is 12.3. The van der Waals surface area contributed by atoms with Gasteiger partial charge in [0.15, 0.2) is 6.23 Å². The van der Waals surface area contributed by atoms with Crippen LogP contribution in [-0.2, 0) is 0 Å². The van der Waals surface area contributed by atoms with Crippen LogP contribution in [0.5, 0.6) is 5.88 Å². The van der Waals surface area contributed by atoms with Gasteiger partial charge in [0.1, 0.15) is 11.5 Å². The molecule has 0 bridgehead atoms. The van der Waals surface area contributed by atoms with Crippen LogP contribution in [0.2, 0.25) is 5.15 Å². The van der Waals surface area contributed by atoms with E-state index in [1.165, 1.54) is 17.3 Å². The largest absolute Gasteiger partial charge is 0.465 e. The molecule has 1 aliphatic heterocycles. The summed E-state index contributed by atoms with van der Waals surface area (Å²) in [5, 5.41) is 9.30. The van der Waals surface area contributed by atoms with E-state index in [1.807, 2.05) is 0 Å². The number of amides is 1. The van der Waals surface area contributed by atoms with Crippen molar-refractivity contribution in [1.29, 1.82) is 0 Å². The molecular formula is C10H12ClN3O3. The third-order valence-electron chi connectivity index (χ3n) is 2.56. The van der Waals surface area contributed by atoms with Gasteiger partial charge in [-0.2, -0.15) is 0 Å². The molecule has 0 radical (unpaired) electrons. The molecule has 1 unspecified atom stereocenters. The lowest BCUT2D eigenvalue weighted by atomic mass is 10.1. The van der Waals surface area contributed by atoms with Gasteiger partial charge in [-0.1, -0.05) is 11.6 Å². The minimum atomic E-state index is -0.977. The Balaban J connectivity index is 2.08. The van der Waals surface area contributed by atoms with Gasteiger partial charge >= 0.3 is 6.09 Å². The number of aromatic nitrogens is 2. The fourth-order valence-corrected chi connectivity index (χ4v) is 1.90. The van der Waals surface area contributed by atoms with Gasteiger partial charge in [-0.15, -0.1) is 0 Å². The fourth-order valence-electron chi connectivity index (χ4n) is 1.76. The molecule has 0 aromatic carbocycles. The topological polar surface area (TPSA) is 75.5 Å². The summed E-state index contributed by atoms with van der Waals surface area (Å²) in [6, 6.07) is 1.47. The van der Waals surface area contributed by atoms with Crippen LogP contribution in [-0.4, -0.2) is 38.8 Å². The van der Waals surface area contributed by atoms with Crippen molar-refractivity contribution in [3.8, 4) is 5.88 Å². The summed E-state index contributed by atoms with van der Waals surface area (Å²) in [6.45, 7) is 0.485. The number of nitrogens with zero attached hydrogens (tertiary/aromatic N) is 3. The number of halogens is 1. The summed E-state index contributed by atoms with van der Waals surface area (Å²) in [5.74, 6) is 0.295. The molecule has 1 aliphatic rings. The van der Waals surface area contributed by atoms with Gasteiger partial charge in [-0.05, 0) is 12.8 Å². The van der Waals surface area contributed by atoms with Crippen molar-refractivity contribution in [3.63, 3.8) is 0 Å². The maximum atomic E-state index is 11.0. The van der Waals surface area contributed by atoms with Crippen LogP contribution < -0.4 is 4.74 Å². The standard InChI is InChI=1S/C10H12ClN3O3/c11-7-5-8(13-6-12-7)17-9-3-1-2-4-14(9)10(15)16/h5-6,9H,1-4H2,(H,15,16). The van der Waals surface area contributed by atoms with E-state index in [9.17, 15) is 4.79 Å². The van der Waals surface area contributed by atoms with Crippen molar-refractivity contribution >= 4 is 17.7 Å². The molecule has 0 saturated carbocycles. The average Bonchev–Trinajstić information content (AvgIpc) is 2.29. The van der Waals surface area contributed by atoms with Crippen LogP contribution in [0.15, 0.2) is 12.4 Å². The van der Waals surface area contributed by atoms with Gasteiger partial charge in [0.05, 0.1) is 0 Å². The molecule has 1 amide bonds. The number of piperidine rings is 1. The molecule has 1 aromatic rings. The first-order valence-corrected chi connectivity index (χ1v) is 5.68. The van der Waals surface area contributed by atoms with Crippen molar-refractivity contribution < 1.29 is 14.6 Å². The first kappa shape index (κ1) is 11.9. The second-order valence-corrected chi connectivity index (χ2v) is 4.11. The lowest BCUT2D eigenvalue weighted by Gasteiger charge is -2.32. The molecule has 1 fully saturated rings. The van der Waals surface area contributed by atoms with E-state index in [2.05, 4.69) is 9.97 Å². The Morgan fingerprint density at radius 3 is 3.06 bits per heavy atom. The lowest BCUT2D eigenvalue weighted by molar-refractivity contribution is 0.00331. The SMILES string of the molecule is O=C(O)N1CCCCC1Oc1cc(Cl)ncn1. The van der Waals surface area contributed by atoms with Crippen LogP contribution in [0, 0.1) is 0 Å². The highest BCUT2D eigenvalue weighted by Crippen LogP contribution is 2.21. The number of hydrogen-bond donors (Lipinski definition) is 1. The molecule has 1 aromatic heterocycles. The second kappa shape index (κ2) is 5.18. The minimum absolute atomic E-state index is 0.271. The van der Waals surface area contributed by atoms with Crippen molar-refractivity contribution in [3.05, 3.63) is 17.5 Å². The second-order valence-electron chi connectivity index (χ2n) is 3.72. The molecule has 1 saturated heterocycles. The maximum Gasteiger partial charge on any atom is 0.410 e. The highest BCUT2D eigenvalue weighted by molar-refractivity contribution is 6.29. The van der Waals surface area contributed by atoms with Gasteiger partial charge < -0.3 is 9.84 Å². The molecule has 2 rings (SSSR count). The predicted octanol–water partition coefficient (Wildman–Crippen LogP) is 2.00. The molecule has 0 aliphatic carbocycles. The highest BCUT2D eigenvalue weighted by Gasteiger charge is 2.28. The Bertz CT molecular complexity index is 416. The Morgan fingerprint density at radius 1 is 1.53 bits per heavy atom. The third-order valence-corrected chi connectivity index (χ3v) is 2.77. The summed E-state index contributed by atoms with van der Waals surface area (Å²) in [7, 11) is 0. The highest BCUT2D eigenvalue weighted by atomic mass is 35.5. The maximum absolute atomic E-state index is 11.0. The Hall–Kier alpha value is -1.56. The van der Waals surface area contributed by atoms with E-state index in [0.717, 1.165) is 12.8 Å². The molecule has 0 spiro atoms. The molecular weight excluding hydrogens is 246 g/mol. The first-order valence-electron chi connectivity index (χ1n) is 5.30. The van der Waals surface area contributed by atoms with Gasteiger partial charge in [-0.3, -0.25) is 4.90 Å². The Labute approximate surface area is 103 Å². The number of ether oxygens (including phenoxy) is 1. The molecule has 1 atom stereocenters. The molecule has 7 heteroatoms. The van der Waals surface area contributed by atoms with E-state index in [4.69, 9.17) is 21.4 Å². The molecule has 92 valence electrons. The van der Waals surface area contributed by atoms with Crippen LogP contribution in [0.4, 0.5) is 4.79 Å². The summed E-state index contributed by atoms with van der Waals surface area (Å²) in [5.41, 5.74) is 0. The zero-order valence-electron chi connectivity index (χ0n) is 9.04. The van der Waals surface area contributed by atoms with E-state index >= 15 is 0 Å². The summed E-state index contributed by atoms with van der Waals surface area (Å²) in [4.78, 5) is 19.9. The predicted molar refractivity (Wildman–Crippen MR) is 60.0 cm³/mol. The average molecular weight is 258 g/mol. The smallest absolute Gasteiger partial charge is 0.410 e.